The fourth-order valence-electron chi connectivity index (χ4n) is 16.3. The average molecular weight is 1740 g/mol. The quantitative estimate of drug-likeness (QED) is 0.00889. The van der Waals surface area contributed by atoms with Gasteiger partial charge in [-0.1, -0.05) is 361 Å². The highest BCUT2D eigenvalue weighted by atomic mass is 31.2. The molecule has 2 aliphatic heterocycles. The highest BCUT2D eigenvalue weighted by molar-refractivity contribution is 7.47. The average Bonchev–Trinajstić information content (AvgIpc) is 0.753. The van der Waals surface area contributed by atoms with Crippen LogP contribution in [0.25, 0.3) is 0 Å². The van der Waals surface area contributed by atoms with Gasteiger partial charge >= 0.3 is 31.7 Å². The first kappa shape index (κ1) is 111. The molecule has 2 saturated heterocycles. The number of phosphoric ester groups is 1. The van der Waals surface area contributed by atoms with Crippen LogP contribution in [0.1, 0.15) is 426 Å². The lowest BCUT2D eigenvalue weighted by Gasteiger charge is -2.50. The lowest BCUT2D eigenvalue weighted by molar-refractivity contribution is -0.360. The van der Waals surface area contributed by atoms with Crippen molar-refractivity contribution in [3.05, 3.63) is 12.2 Å². The Hall–Kier alpha value is -2.79. The van der Waals surface area contributed by atoms with Crippen molar-refractivity contribution < 1.29 is 122 Å². The molecule has 19 atom stereocenters. The van der Waals surface area contributed by atoms with Crippen molar-refractivity contribution in [2.45, 2.75) is 530 Å². The molecule has 0 aromatic rings. The van der Waals surface area contributed by atoms with Gasteiger partial charge in [0.15, 0.2) is 24.8 Å². The van der Waals surface area contributed by atoms with Crippen molar-refractivity contribution in [1.29, 1.82) is 0 Å². The highest BCUT2D eigenvalue weighted by Gasteiger charge is 2.60. The summed E-state index contributed by atoms with van der Waals surface area (Å²) in [7, 11) is -5.81. The SMILES string of the molecule is CCCCCC/C=C\CCCCCCCCCC(=O)OC1C(O)C(O)C(OC2OC(CO)C(O)C(O)C2O)C(OP(=O)(O)OCC(COC(=O)CCCCCCCCCCCCCCCCC)OC(=O)CCCCCCCCC(C)CCCCCCCC)C1OC1OC(COC(=O)CCCCCCCCCCCCCCCCC)C(O)C(O)C1O. The molecule has 26 heteroatoms. The van der Waals surface area contributed by atoms with Crippen LogP contribution in [0.15, 0.2) is 12.2 Å². The Morgan fingerprint density at radius 1 is 0.350 bits per heavy atom. The van der Waals surface area contributed by atoms with Gasteiger partial charge in [-0.2, -0.15) is 0 Å². The standard InChI is InChI=1S/C94H175O25P/c1-6-10-14-18-22-25-28-31-34-37-40-43-46-53-59-65-77(96)110-70-74(113-79(98)67-61-56-50-49-52-58-64-73(5)63-57-51-21-17-13-9-4)71-112-120(108,109)119-92-90(117-93-87(106)83(102)81(100)75(69-95)114-93)86(105)85(104)89(116-80(99)68-62-55-48-45-42-39-36-33-30-27-24-20-16-12-8-3)91(92)118-94-88(107)84(103)82(101)76(115-94)72-111-78(97)66-60-54-47-44-41-38-35-32-29-26-23-19-15-11-7-2/h27,30,73-76,81-95,100-107H,6-26,28-29,31-72H2,1-5H3,(H,108,109)/b30-27-. The maximum atomic E-state index is 14.9. The molecule has 706 valence electrons. The normalized spacial score (nSPS) is 25.0. The second kappa shape index (κ2) is 72.2. The molecule has 0 radical (unpaired) electrons. The molecular weight excluding hydrogens is 1560 g/mol. The molecule has 0 spiro atoms. The number of carbonyl (C=O) groups excluding carboxylic acids is 4. The van der Waals surface area contributed by atoms with E-state index in [2.05, 4.69) is 46.8 Å². The zero-order valence-corrected chi connectivity index (χ0v) is 76.4. The predicted octanol–water partition coefficient (Wildman–Crippen LogP) is 18.6. The van der Waals surface area contributed by atoms with Gasteiger partial charge in [-0.15, -0.1) is 0 Å². The second-order valence-electron chi connectivity index (χ2n) is 35.2. The number of unbranched alkanes of at least 4 members (excludes halogenated alkanes) is 49. The Labute approximate surface area is 724 Å². The molecule has 3 fully saturated rings. The van der Waals surface area contributed by atoms with Crippen LogP contribution in [0.5, 0.6) is 0 Å². The first-order chi connectivity index (χ1) is 58.1. The van der Waals surface area contributed by atoms with E-state index in [-0.39, 0.29) is 25.7 Å². The van der Waals surface area contributed by atoms with Gasteiger partial charge < -0.3 is 88.7 Å². The van der Waals surface area contributed by atoms with Gasteiger partial charge in [0.1, 0.15) is 92.6 Å². The summed E-state index contributed by atoms with van der Waals surface area (Å²) >= 11 is 0. The zero-order valence-electron chi connectivity index (χ0n) is 75.6. The molecule has 19 unspecified atom stereocenters. The van der Waals surface area contributed by atoms with Gasteiger partial charge in [-0.3, -0.25) is 28.2 Å². The summed E-state index contributed by atoms with van der Waals surface area (Å²) in [5.74, 6) is -2.28. The molecule has 0 bridgehead atoms. The van der Waals surface area contributed by atoms with Gasteiger partial charge in [-0.25, -0.2) is 4.57 Å². The smallest absolute Gasteiger partial charge is 0.463 e. The van der Waals surface area contributed by atoms with E-state index in [1.54, 1.807) is 0 Å². The molecule has 1 aliphatic carbocycles. The zero-order chi connectivity index (χ0) is 87.6. The van der Waals surface area contributed by atoms with E-state index in [4.69, 9.17) is 46.9 Å². The lowest BCUT2D eigenvalue weighted by Crippen LogP contribution is -2.70. The third-order valence-electron chi connectivity index (χ3n) is 24.2. The maximum Gasteiger partial charge on any atom is 0.472 e. The Morgan fingerprint density at radius 2 is 0.675 bits per heavy atom. The molecular formula is C94H175O25P. The molecule has 3 aliphatic rings. The van der Waals surface area contributed by atoms with Crippen LogP contribution in [0.2, 0.25) is 0 Å². The van der Waals surface area contributed by atoms with Gasteiger partial charge in [0, 0.05) is 25.7 Å². The summed E-state index contributed by atoms with van der Waals surface area (Å²) in [5, 5.41) is 102. The Balaban J connectivity index is 1.91. The number of carbonyl (C=O) groups is 4. The fourth-order valence-corrected chi connectivity index (χ4v) is 17.3. The van der Waals surface area contributed by atoms with Crippen LogP contribution >= 0.6 is 7.82 Å². The molecule has 0 aromatic heterocycles. The number of esters is 4. The van der Waals surface area contributed by atoms with Crippen LogP contribution in [-0.2, 0) is 70.7 Å². The monoisotopic (exact) mass is 1740 g/mol. The molecule has 25 nitrogen and oxygen atoms in total. The summed E-state index contributed by atoms with van der Waals surface area (Å²) in [6, 6.07) is 0. The molecule has 10 N–H and O–H groups in total. The number of allylic oxidation sites excluding steroid dienone is 2. The summed E-state index contributed by atoms with van der Waals surface area (Å²) < 4.78 is 73.6. The Kier molecular flexibility index (Phi) is 67.0. The Morgan fingerprint density at radius 3 is 1.08 bits per heavy atom. The maximum absolute atomic E-state index is 14.9. The number of ether oxygens (including phenoxy) is 8. The van der Waals surface area contributed by atoms with Crippen LogP contribution in [-0.4, -0.2) is 205 Å². The number of aliphatic hydroxyl groups excluding tert-OH is 9. The largest absolute Gasteiger partial charge is 0.472 e. The first-order valence-electron chi connectivity index (χ1n) is 48.8. The van der Waals surface area contributed by atoms with Crippen molar-refractivity contribution in [2.24, 2.45) is 5.92 Å². The van der Waals surface area contributed by atoms with E-state index in [1.165, 1.54) is 193 Å². The van der Waals surface area contributed by atoms with Gasteiger partial charge in [0.25, 0.3) is 0 Å². The predicted molar refractivity (Wildman–Crippen MR) is 467 cm³/mol. The minimum atomic E-state index is -5.81. The summed E-state index contributed by atoms with van der Waals surface area (Å²) in [4.78, 5) is 66.6. The van der Waals surface area contributed by atoms with Gasteiger partial charge in [0.05, 0.1) is 13.2 Å². The van der Waals surface area contributed by atoms with Crippen LogP contribution in [0, 0.1) is 5.92 Å². The van der Waals surface area contributed by atoms with E-state index < -0.39 is 162 Å². The van der Waals surface area contributed by atoms with E-state index in [9.17, 15) is 74.6 Å². The molecule has 1 saturated carbocycles. The van der Waals surface area contributed by atoms with Crippen molar-refractivity contribution in [3.8, 4) is 0 Å². The molecule has 120 heavy (non-hydrogen) atoms. The third kappa shape index (κ3) is 51.9. The molecule has 3 rings (SSSR count). The fraction of sp³-hybridized carbons (Fsp3) is 0.936. The van der Waals surface area contributed by atoms with Crippen LogP contribution in [0.3, 0.4) is 0 Å². The van der Waals surface area contributed by atoms with Crippen molar-refractivity contribution in [2.75, 3.05) is 26.4 Å². The topological polar surface area (TPSA) is 380 Å². The molecule has 0 amide bonds. The van der Waals surface area contributed by atoms with Crippen molar-refractivity contribution >= 4 is 31.7 Å². The van der Waals surface area contributed by atoms with E-state index in [0.29, 0.717) is 38.0 Å². The lowest BCUT2D eigenvalue weighted by atomic mass is 9.84. The van der Waals surface area contributed by atoms with E-state index in [1.807, 2.05) is 0 Å². The Bertz CT molecular complexity index is 2550. The third-order valence-corrected chi connectivity index (χ3v) is 25.2. The van der Waals surface area contributed by atoms with Gasteiger partial charge in [0.2, 0.25) is 0 Å². The highest BCUT2D eigenvalue weighted by Crippen LogP contribution is 2.49. The van der Waals surface area contributed by atoms with Crippen LogP contribution in [0.4, 0.5) is 0 Å². The first-order valence-corrected chi connectivity index (χ1v) is 50.3. The number of phosphoric acid groups is 1. The summed E-state index contributed by atoms with van der Waals surface area (Å²) in [5.41, 5.74) is 0. The minimum absolute atomic E-state index is 0.0180. The van der Waals surface area contributed by atoms with Crippen molar-refractivity contribution in [1.82, 2.24) is 0 Å². The molecule has 0 aromatic carbocycles. The molecule has 2 heterocycles. The number of aliphatic hydroxyl groups is 9. The minimum Gasteiger partial charge on any atom is -0.463 e. The number of rotatable bonds is 79. The van der Waals surface area contributed by atoms with E-state index >= 15 is 0 Å². The van der Waals surface area contributed by atoms with Crippen molar-refractivity contribution in [3.63, 3.8) is 0 Å². The van der Waals surface area contributed by atoms with Gasteiger partial charge in [-0.05, 0) is 57.3 Å². The number of hydrogen-bond acceptors (Lipinski definition) is 24. The second-order valence-corrected chi connectivity index (χ2v) is 36.6. The van der Waals surface area contributed by atoms with Crippen LogP contribution < -0.4 is 0 Å². The summed E-state index contributed by atoms with van der Waals surface area (Å²) in [6.45, 7) is 7.95. The summed E-state index contributed by atoms with van der Waals surface area (Å²) in [6.07, 6.45) is 30.4. The van der Waals surface area contributed by atoms with E-state index in [0.717, 1.165) is 141 Å². The number of hydrogen-bond donors (Lipinski definition) is 10.